The van der Waals surface area contributed by atoms with E-state index in [1.807, 2.05) is 199 Å². The SMILES string of the molecule is COc1cnc(-c2ccc(F)c(C)c2)c(-c2ccn3ncnc3c2)c1.COc1cnc(-c2ccc(F)c(Cl)c2)c(-c2ccn3ncnc3c2)c1.COc1cnc(-c2cccc(Cl)c2)c(-c2ccn3ncnc3c2)c1.Cn1ccc(-c2cnc3ccc(-c4cccnc4-c4ccc(F)c(Cl)c4)cn23)n1.Fc1ccc(-c2ncccc2-c2ccc3ncc(-c4ccn[nH]4)n3c2)cc1Cl. The number of pyridine rings is 10. The highest BCUT2D eigenvalue weighted by molar-refractivity contribution is 6.32. The third-order valence-corrected chi connectivity index (χ3v) is 22.3. The molecule has 0 aliphatic rings. The first kappa shape index (κ1) is 85.6. The second-order valence-corrected chi connectivity index (χ2v) is 31.0. The molecular formula is C98H68Cl4F4N22O3. The van der Waals surface area contributed by atoms with Crippen LogP contribution in [0.4, 0.5) is 17.6 Å². The lowest BCUT2D eigenvalue weighted by Gasteiger charge is -2.12. The highest BCUT2D eigenvalue weighted by Gasteiger charge is 2.22. The number of aromatic nitrogens is 22. The molecule has 0 fully saturated rings. The van der Waals surface area contributed by atoms with E-state index in [-0.39, 0.29) is 20.9 Å². The summed E-state index contributed by atoms with van der Waals surface area (Å²) >= 11 is 24.0. The second-order valence-electron chi connectivity index (χ2n) is 29.3. The Balaban J connectivity index is 0.000000110. The zero-order valence-corrected chi connectivity index (χ0v) is 72.7. The number of methoxy groups -OCH3 is 3. The van der Waals surface area contributed by atoms with Crippen molar-refractivity contribution in [3.05, 3.63) is 367 Å². The molecular weight excluding hydrogens is 1750 g/mol. The largest absolute Gasteiger partial charge is 0.495 e. The van der Waals surface area contributed by atoms with E-state index in [9.17, 15) is 17.6 Å². The van der Waals surface area contributed by atoms with E-state index >= 15 is 0 Å². The number of aryl methyl sites for hydroxylation is 2. The predicted molar refractivity (Wildman–Crippen MR) is 497 cm³/mol. The molecule has 0 aliphatic heterocycles. The Bertz CT molecular complexity index is 7810. The van der Waals surface area contributed by atoms with Crippen molar-refractivity contribution < 1.29 is 31.8 Å². The van der Waals surface area contributed by atoms with Gasteiger partial charge in [-0.2, -0.15) is 25.5 Å². The van der Waals surface area contributed by atoms with Crippen molar-refractivity contribution in [1.82, 2.24) is 107 Å². The summed E-state index contributed by atoms with van der Waals surface area (Å²) in [5.74, 6) is 0.359. The van der Waals surface area contributed by atoms with Gasteiger partial charge >= 0.3 is 0 Å². The number of hydrogen-bond acceptors (Lipinski definition) is 18. The number of fused-ring (bicyclic) bond motifs is 5. The number of benzene rings is 5. The monoisotopic (exact) mass is 1820 g/mol. The number of imidazole rings is 2. The molecule has 0 spiro atoms. The molecule has 22 rings (SSSR count). The summed E-state index contributed by atoms with van der Waals surface area (Å²) < 4.78 is 81.2. The van der Waals surface area contributed by atoms with Gasteiger partial charge in [-0.05, 0) is 217 Å². The minimum Gasteiger partial charge on any atom is -0.495 e. The first-order chi connectivity index (χ1) is 63.8. The van der Waals surface area contributed by atoms with Gasteiger partial charge < -0.3 is 14.2 Å². The van der Waals surface area contributed by atoms with Crippen molar-refractivity contribution in [1.29, 1.82) is 0 Å². The molecule has 0 radical (unpaired) electrons. The Morgan fingerprint density at radius 3 is 1.15 bits per heavy atom. The van der Waals surface area contributed by atoms with Gasteiger partial charge in [0.25, 0.3) is 0 Å². The Morgan fingerprint density at radius 1 is 0.328 bits per heavy atom. The molecule has 33 heteroatoms. The first-order valence-electron chi connectivity index (χ1n) is 40.1. The van der Waals surface area contributed by atoms with Gasteiger partial charge in [-0.15, -0.1) is 0 Å². The van der Waals surface area contributed by atoms with Gasteiger partial charge in [0.05, 0.1) is 113 Å². The molecule has 22 aromatic rings. The van der Waals surface area contributed by atoms with E-state index in [4.69, 9.17) is 60.6 Å². The zero-order valence-electron chi connectivity index (χ0n) is 69.7. The number of hydrogen-bond donors (Lipinski definition) is 1. The molecule has 5 aromatic carbocycles. The Morgan fingerprint density at radius 2 is 0.740 bits per heavy atom. The van der Waals surface area contributed by atoms with Crippen LogP contribution in [-0.4, -0.2) is 129 Å². The van der Waals surface area contributed by atoms with Crippen LogP contribution in [0.2, 0.25) is 20.1 Å². The fourth-order valence-corrected chi connectivity index (χ4v) is 15.4. The first-order valence-corrected chi connectivity index (χ1v) is 41.6. The minimum absolute atomic E-state index is 0.0500. The van der Waals surface area contributed by atoms with Crippen LogP contribution in [0.5, 0.6) is 17.2 Å². The van der Waals surface area contributed by atoms with E-state index in [2.05, 4.69) is 80.4 Å². The van der Waals surface area contributed by atoms with Crippen LogP contribution in [-0.2, 0) is 7.05 Å². The standard InChI is InChI=1S/C22H15ClFN5.C21H13ClFN5.C19H15FN4O.C18H12ClFN4O.C18H13ClN4O/c1-28-10-8-19(27-28)20-12-26-21-7-5-15(13-29(20)21)16-3-2-9-25-22(16)14-4-6-18(24)17(23)11-14;22-16-10-13(3-5-17(16)23)21-15(2-1-8-24-21)14-4-6-20-25-11-19(28(20)12-14)18-7-9-26-27-18;1-12-7-14(3-4-17(12)20)19-16(9-15(25-2)10-21-19)13-5-6-24-18(8-13)22-11-23-24;1-25-13-8-14(11-4-5-24-17(7-11)22-10-23-24)18(21-9-13)12-2-3-16(20)15(19)6-12;1-24-15-9-16(12-5-6-23-17(8-12)21-11-22-23)18(20-10-15)13-3-2-4-14(19)7-13/h2-13H,1H3;1-12H,(H,26,27);3-11H,1-2H3;2-10H,1H3;2-11H,1H3. The Labute approximate surface area is 763 Å². The van der Waals surface area contributed by atoms with Crippen molar-refractivity contribution in [2.45, 2.75) is 6.92 Å². The summed E-state index contributed by atoms with van der Waals surface area (Å²) in [6.45, 7) is 1.74. The van der Waals surface area contributed by atoms with Gasteiger partial charge in [-0.3, -0.25) is 43.5 Å². The molecule has 17 heterocycles. The Hall–Kier alpha value is -16.2. The van der Waals surface area contributed by atoms with Crippen LogP contribution in [0.25, 0.3) is 163 Å². The number of halogens is 8. The molecule has 1 N–H and O–H groups in total. The lowest BCUT2D eigenvalue weighted by molar-refractivity contribution is 0.413. The van der Waals surface area contributed by atoms with Crippen molar-refractivity contribution >= 4 is 74.6 Å². The topological polar surface area (TPSA) is 264 Å². The van der Waals surface area contributed by atoms with Crippen LogP contribution in [0.1, 0.15) is 5.56 Å². The van der Waals surface area contributed by atoms with Crippen LogP contribution in [0.15, 0.2) is 318 Å². The molecule has 17 aromatic heterocycles. The predicted octanol–water partition coefficient (Wildman–Crippen LogP) is 22.8. The molecule has 644 valence electrons. The van der Waals surface area contributed by atoms with Crippen LogP contribution < -0.4 is 14.2 Å². The van der Waals surface area contributed by atoms with E-state index in [1.54, 1.807) is 138 Å². The number of nitrogens with one attached hydrogen (secondary N) is 1. The van der Waals surface area contributed by atoms with Crippen molar-refractivity contribution in [3.63, 3.8) is 0 Å². The van der Waals surface area contributed by atoms with E-state index < -0.39 is 17.5 Å². The fraction of sp³-hybridized carbons (Fsp3) is 0.0510. The number of H-pyrrole nitrogens is 1. The molecule has 0 bridgehead atoms. The molecule has 0 atom stereocenters. The van der Waals surface area contributed by atoms with Crippen molar-refractivity contribution in [2.75, 3.05) is 21.3 Å². The third-order valence-electron chi connectivity index (χ3n) is 21.2. The molecule has 0 aliphatic carbocycles. The third kappa shape index (κ3) is 18.4. The quantitative estimate of drug-likeness (QED) is 0.0935. The van der Waals surface area contributed by atoms with E-state index in [0.717, 1.165) is 146 Å². The van der Waals surface area contributed by atoms with Gasteiger partial charge in [0.2, 0.25) is 0 Å². The smallest absolute Gasteiger partial charge is 0.155 e. The molecule has 131 heavy (non-hydrogen) atoms. The molecule has 0 amide bonds. The summed E-state index contributed by atoms with van der Waals surface area (Å²) in [7, 11) is 6.69. The fourth-order valence-electron chi connectivity index (χ4n) is 14.7. The van der Waals surface area contributed by atoms with E-state index in [1.165, 1.54) is 43.2 Å². The zero-order chi connectivity index (χ0) is 90.3. The van der Waals surface area contributed by atoms with Crippen LogP contribution in [0, 0.1) is 30.2 Å². The summed E-state index contributed by atoms with van der Waals surface area (Å²) in [4.78, 5) is 44.3. The number of nitrogens with zero attached hydrogens (tertiary/aromatic N) is 21. The second kappa shape index (κ2) is 37.8. The number of aromatic amines is 1. The number of ether oxygens (including phenoxy) is 3. The van der Waals surface area contributed by atoms with Gasteiger partial charge in [0.1, 0.15) is 76.5 Å². The van der Waals surface area contributed by atoms with Gasteiger partial charge in [0.15, 0.2) is 16.9 Å². The highest BCUT2D eigenvalue weighted by Crippen LogP contribution is 2.41. The summed E-state index contributed by atoms with van der Waals surface area (Å²) in [5, 5.41) is 24.7. The average molecular weight is 1820 g/mol. The average Bonchev–Trinajstić information content (AvgIpc) is 1.81. The van der Waals surface area contributed by atoms with Gasteiger partial charge in [-0.1, -0.05) is 70.7 Å². The molecule has 0 saturated heterocycles. The normalized spacial score (nSPS) is 11.1. The van der Waals surface area contributed by atoms with Crippen LogP contribution in [0.3, 0.4) is 0 Å². The van der Waals surface area contributed by atoms with Crippen LogP contribution >= 0.6 is 46.4 Å². The van der Waals surface area contributed by atoms with Crippen molar-refractivity contribution in [3.8, 4) is 152 Å². The maximum absolute atomic E-state index is 13.6. The highest BCUT2D eigenvalue weighted by atomic mass is 35.5. The maximum Gasteiger partial charge on any atom is 0.155 e. The summed E-state index contributed by atoms with van der Waals surface area (Å²) in [5.41, 5.74) is 24.9. The van der Waals surface area contributed by atoms with E-state index in [0.29, 0.717) is 44.7 Å². The van der Waals surface area contributed by atoms with Gasteiger partial charge in [-0.25, -0.2) is 56.0 Å². The van der Waals surface area contributed by atoms with Crippen molar-refractivity contribution in [2.24, 2.45) is 7.05 Å². The Kier molecular flexibility index (Phi) is 24.7. The molecule has 25 nitrogen and oxygen atoms in total. The lowest BCUT2D eigenvalue weighted by atomic mass is 9.98. The maximum atomic E-state index is 13.6. The number of rotatable bonds is 15. The van der Waals surface area contributed by atoms with Gasteiger partial charge in [0, 0.05) is 135 Å². The lowest BCUT2D eigenvalue weighted by Crippen LogP contribution is -1.95. The minimum atomic E-state index is -0.467. The summed E-state index contributed by atoms with van der Waals surface area (Å²) in [6, 6.07) is 63.3. The summed E-state index contributed by atoms with van der Waals surface area (Å²) in [6.07, 6.45) is 29.7. The molecule has 0 saturated carbocycles. The molecule has 0 unspecified atom stereocenters.